The molecule has 1 aliphatic rings. The van der Waals surface area contributed by atoms with Crippen molar-refractivity contribution in [2.45, 2.75) is 25.7 Å². The van der Waals surface area contributed by atoms with Gasteiger partial charge in [0.1, 0.15) is 6.17 Å². The van der Waals surface area contributed by atoms with Gasteiger partial charge in [-0.05, 0) is 43.8 Å². The highest BCUT2D eigenvalue weighted by molar-refractivity contribution is 5.81. The molecule has 0 aliphatic carbocycles. The first-order chi connectivity index (χ1) is 24.1. The summed E-state index contributed by atoms with van der Waals surface area (Å²) in [5, 5.41) is 39.9. The zero-order chi connectivity index (χ0) is 33.6. The number of rotatable bonds is 12. The molecule has 0 amide bonds. The molecule has 7 N–H and O–H groups in total. The molecule has 0 fully saturated rings. The number of aromatic nitrogens is 8. The van der Waals surface area contributed by atoms with Gasteiger partial charge in [-0.2, -0.15) is 10.4 Å². The molecule has 49 heavy (non-hydrogen) atoms. The summed E-state index contributed by atoms with van der Waals surface area (Å²) in [6.45, 7) is 1.58. The van der Waals surface area contributed by atoms with E-state index in [1.807, 2.05) is 48.5 Å². The molecule has 1 aliphatic heterocycles. The summed E-state index contributed by atoms with van der Waals surface area (Å²) in [6, 6.07) is 32.8. The Morgan fingerprint density at radius 2 is 1.20 bits per heavy atom. The van der Waals surface area contributed by atoms with E-state index in [2.05, 4.69) is 111 Å². The molecular weight excluding hydrogens is 618 g/mol. The number of aliphatic imine (C=N–C) groups is 1. The minimum Gasteiger partial charge on any atom is -0.392 e. The minimum atomic E-state index is -0.272. The molecule has 0 saturated heterocycles. The number of nitrogens with two attached hydrogens (primary N) is 2. The number of aliphatic hydroxyl groups excluding tert-OH is 1. The van der Waals surface area contributed by atoms with Crippen molar-refractivity contribution in [2.75, 3.05) is 13.2 Å². The summed E-state index contributed by atoms with van der Waals surface area (Å²) in [5.41, 5.74) is 20.4. The number of H-pyrrole nitrogens is 2. The van der Waals surface area contributed by atoms with Crippen LogP contribution in [0, 0.1) is 0 Å². The van der Waals surface area contributed by atoms with Gasteiger partial charge in [0.25, 0.3) is 0 Å². The van der Waals surface area contributed by atoms with Crippen LogP contribution in [0.25, 0.3) is 45.0 Å². The molecular formula is C35H35N13O. The van der Waals surface area contributed by atoms with Crippen LogP contribution in [0.2, 0.25) is 0 Å². The van der Waals surface area contributed by atoms with Crippen molar-refractivity contribution in [2.24, 2.45) is 16.5 Å². The first-order valence-electron chi connectivity index (χ1n) is 15.8. The van der Waals surface area contributed by atoms with E-state index in [9.17, 15) is 5.11 Å². The summed E-state index contributed by atoms with van der Waals surface area (Å²) in [7, 11) is 0. The Hall–Kier alpha value is -6.41. The Labute approximate surface area is 282 Å². The number of tetrazole rings is 2. The van der Waals surface area contributed by atoms with Crippen LogP contribution in [-0.2, 0) is 13.1 Å². The Balaban J connectivity index is 1.10. The average Bonchev–Trinajstić information content (AvgIpc) is 3.92. The summed E-state index contributed by atoms with van der Waals surface area (Å²) >= 11 is 0. The zero-order valence-electron chi connectivity index (χ0n) is 26.6. The van der Waals surface area contributed by atoms with Crippen LogP contribution in [0.15, 0.2) is 114 Å². The van der Waals surface area contributed by atoms with Gasteiger partial charge in [0.15, 0.2) is 5.96 Å². The second kappa shape index (κ2) is 14.1. The molecule has 14 heteroatoms. The predicted octanol–water partition coefficient (Wildman–Crippen LogP) is 3.52. The monoisotopic (exact) mass is 653 g/mol. The Morgan fingerprint density at radius 1 is 0.694 bits per heavy atom. The predicted molar refractivity (Wildman–Crippen MR) is 185 cm³/mol. The van der Waals surface area contributed by atoms with Gasteiger partial charge in [0.05, 0.1) is 6.61 Å². The average molecular weight is 654 g/mol. The Bertz CT molecular complexity index is 2040. The molecule has 7 rings (SSSR count). The lowest BCUT2D eigenvalue weighted by Crippen LogP contribution is -2.42. The normalized spacial score (nSPS) is 14.2. The van der Waals surface area contributed by atoms with Crippen molar-refractivity contribution in [3.8, 4) is 45.0 Å². The fourth-order valence-electron chi connectivity index (χ4n) is 6.19. The molecule has 1 unspecified atom stereocenters. The van der Waals surface area contributed by atoms with Crippen molar-refractivity contribution < 1.29 is 5.11 Å². The second-order valence-electron chi connectivity index (χ2n) is 11.6. The number of hydrogen-bond acceptors (Lipinski definition) is 10. The summed E-state index contributed by atoms with van der Waals surface area (Å²) < 4.78 is 0. The zero-order valence-corrected chi connectivity index (χ0v) is 26.6. The van der Waals surface area contributed by atoms with Gasteiger partial charge < -0.3 is 26.4 Å². The number of hydrogen-bond donors (Lipinski definition) is 5. The Morgan fingerprint density at radius 3 is 1.67 bits per heavy atom. The first-order valence-corrected chi connectivity index (χ1v) is 15.8. The molecule has 0 radical (unpaired) electrons. The van der Waals surface area contributed by atoms with Gasteiger partial charge in [-0.1, -0.05) is 97.1 Å². The highest BCUT2D eigenvalue weighted by Gasteiger charge is 2.31. The molecule has 0 bridgehead atoms. The van der Waals surface area contributed by atoms with E-state index >= 15 is 0 Å². The van der Waals surface area contributed by atoms with Gasteiger partial charge in [0, 0.05) is 49.1 Å². The van der Waals surface area contributed by atoms with E-state index in [1.165, 1.54) is 0 Å². The maximum Gasteiger partial charge on any atom is 0.205 e. The lowest BCUT2D eigenvalue weighted by Gasteiger charge is -2.33. The molecule has 1 atom stereocenters. The largest absolute Gasteiger partial charge is 0.392 e. The highest BCUT2D eigenvalue weighted by Crippen LogP contribution is 2.33. The summed E-state index contributed by atoms with van der Waals surface area (Å²) in [4.78, 5) is 8.61. The molecule has 2 aromatic heterocycles. The van der Waals surface area contributed by atoms with Crippen LogP contribution < -0.4 is 11.5 Å². The SMILES string of the molecule is NC(N)=NCCC1=CN(Cc2ccc(-c3ccccc3-c3nn[nH]n3)cc2)C(CO)N1Cc1ccc(-c2ccccc2-c2nn[nH]n2)cc1. The minimum absolute atomic E-state index is 0.0541. The maximum absolute atomic E-state index is 10.7. The lowest BCUT2D eigenvalue weighted by molar-refractivity contribution is 0.0676. The van der Waals surface area contributed by atoms with Gasteiger partial charge in [-0.15, -0.1) is 20.4 Å². The van der Waals surface area contributed by atoms with Crippen LogP contribution in [0.4, 0.5) is 0 Å². The summed E-state index contributed by atoms with van der Waals surface area (Å²) in [5.74, 6) is 1.14. The number of nitrogens with zero attached hydrogens (tertiary/aromatic N) is 9. The van der Waals surface area contributed by atoms with Crippen LogP contribution in [0.5, 0.6) is 0 Å². The van der Waals surface area contributed by atoms with Crippen molar-refractivity contribution in [1.82, 2.24) is 51.0 Å². The highest BCUT2D eigenvalue weighted by atomic mass is 16.3. The number of aromatic amines is 2. The smallest absolute Gasteiger partial charge is 0.205 e. The van der Waals surface area contributed by atoms with Gasteiger partial charge in [-0.3, -0.25) is 4.99 Å². The fraction of sp³-hybridized carbons (Fsp3) is 0.171. The third-order valence-corrected chi connectivity index (χ3v) is 8.53. The van der Waals surface area contributed by atoms with Gasteiger partial charge in [0.2, 0.25) is 11.6 Å². The van der Waals surface area contributed by atoms with E-state index in [-0.39, 0.29) is 18.7 Å². The molecule has 0 spiro atoms. The van der Waals surface area contributed by atoms with E-state index in [0.29, 0.717) is 37.7 Å². The van der Waals surface area contributed by atoms with Crippen molar-refractivity contribution in [1.29, 1.82) is 0 Å². The van der Waals surface area contributed by atoms with Crippen LogP contribution in [0.3, 0.4) is 0 Å². The third kappa shape index (κ3) is 6.84. The molecule has 6 aromatic rings. The number of aliphatic hydroxyl groups is 1. The fourth-order valence-corrected chi connectivity index (χ4v) is 6.19. The Kier molecular flexibility index (Phi) is 9.01. The molecule has 246 valence electrons. The number of guanidine groups is 1. The maximum atomic E-state index is 10.7. The van der Waals surface area contributed by atoms with E-state index in [1.54, 1.807) is 0 Å². The standard InChI is InChI=1S/C35H35N13O/c36-35(37)38-18-17-27-21-47(19-23-9-13-25(14-10-23)28-5-1-3-7-30(28)33-39-43-44-40-33)32(22-49)48(27)20-24-11-15-26(16-12-24)29-6-2-4-8-31(29)34-41-45-46-42-34/h1-16,21,32,49H,17-20,22H2,(H4,36,37,38)(H,39,40,43,44)(H,41,42,45,46). The molecule has 0 saturated carbocycles. The second-order valence-corrected chi connectivity index (χ2v) is 11.6. The van der Waals surface area contributed by atoms with Crippen LogP contribution in [0.1, 0.15) is 17.5 Å². The van der Waals surface area contributed by atoms with Crippen molar-refractivity contribution in [3.05, 3.63) is 120 Å². The topological polar surface area (TPSA) is 200 Å². The van der Waals surface area contributed by atoms with Crippen molar-refractivity contribution >= 4 is 5.96 Å². The van der Waals surface area contributed by atoms with Gasteiger partial charge in [-0.25, -0.2) is 0 Å². The molecule has 4 aromatic carbocycles. The van der Waals surface area contributed by atoms with Gasteiger partial charge >= 0.3 is 0 Å². The van der Waals surface area contributed by atoms with E-state index in [4.69, 9.17) is 11.5 Å². The molecule has 3 heterocycles. The first kappa shape index (κ1) is 31.2. The van der Waals surface area contributed by atoms with E-state index in [0.717, 1.165) is 50.2 Å². The third-order valence-electron chi connectivity index (χ3n) is 8.53. The molecule has 14 nitrogen and oxygen atoms in total. The number of benzene rings is 4. The van der Waals surface area contributed by atoms with E-state index < -0.39 is 0 Å². The van der Waals surface area contributed by atoms with Crippen LogP contribution >= 0.6 is 0 Å². The number of nitrogens with one attached hydrogen (secondary N) is 2. The van der Waals surface area contributed by atoms with Crippen molar-refractivity contribution in [3.63, 3.8) is 0 Å². The lowest BCUT2D eigenvalue weighted by atomic mass is 9.98. The summed E-state index contributed by atoms with van der Waals surface area (Å²) in [6.07, 6.45) is 2.46. The quantitative estimate of drug-likeness (QED) is 0.0956. The van der Waals surface area contributed by atoms with Crippen LogP contribution in [-0.4, -0.2) is 81.4 Å².